The van der Waals surface area contributed by atoms with Gasteiger partial charge in [-0.05, 0) is 54.7 Å². The molecule has 6 nitrogen and oxygen atoms in total. The lowest BCUT2D eigenvalue weighted by atomic mass is 9.69. The minimum absolute atomic E-state index is 0.0522. The SMILES string of the molecule is COC(OC)[C@]1(COc2ccccc2S(N)(=O)=O)CCCc2cc(Cl)ccc21. The molecule has 0 amide bonds. The fraction of sp³-hybridized carbons (Fsp3) is 0.400. The van der Waals surface area contributed by atoms with E-state index < -0.39 is 21.7 Å². The molecule has 2 N–H and O–H groups in total. The quantitative estimate of drug-likeness (QED) is 0.688. The Labute approximate surface area is 170 Å². The first-order chi connectivity index (χ1) is 13.3. The van der Waals surface area contributed by atoms with Crippen molar-refractivity contribution in [2.45, 2.75) is 35.9 Å². The summed E-state index contributed by atoms with van der Waals surface area (Å²) in [5, 5.41) is 6.00. The van der Waals surface area contributed by atoms with Crippen LogP contribution in [0, 0.1) is 0 Å². The van der Waals surface area contributed by atoms with Crippen LogP contribution in [0.5, 0.6) is 5.75 Å². The van der Waals surface area contributed by atoms with Gasteiger partial charge in [-0.15, -0.1) is 0 Å². The number of halogens is 1. The van der Waals surface area contributed by atoms with Gasteiger partial charge in [-0.2, -0.15) is 0 Å². The van der Waals surface area contributed by atoms with E-state index >= 15 is 0 Å². The highest BCUT2D eigenvalue weighted by Gasteiger charge is 2.45. The highest BCUT2D eigenvalue weighted by molar-refractivity contribution is 7.89. The third kappa shape index (κ3) is 4.04. The predicted molar refractivity (Wildman–Crippen MR) is 107 cm³/mol. The number of aryl methyl sites for hydroxylation is 1. The number of primary sulfonamides is 1. The molecule has 0 radical (unpaired) electrons. The van der Waals surface area contributed by atoms with Gasteiger partial charge in [0, 0.05) is 19.2 Å². The van der Waals surface area contributed by atoms with Crippen LogP contribution in [-0.4, -0.2) is 35.5 Å². The summed E-state index contributed by atoms with van der Waals surface area (Å²) < 4.78 is 41.1. The molecule has 0 spiro atoms. The Morgan fingerprint density at radius 3 is 2.57 bits per heavy atom. The number of sulfonamides is 1. The molecular formula is C20H24ClNO5S. The Balaban J connectivity index is 2.03. The standard InChI is InChI=1S/C20H24ClNO5S/c1-25-19(26-2)20(11-5-6-14-12-15(21)9-10-16(14)20)13-27-17-7-3-4-8-18(17)28(22,23)24/h3-4,7-10,12,19H,5-6,11,13H2,1-2H3,(H2,22,23,24)/t20-/m0/s1. The monoisotopic (exact) mass is 425 g/mol. The highest BCUT2D eigenvalue weighted by atomic mass is 35.5. The molecule has 28 heavy (non-hydrogen) atoms. The van der Waals surface area contributed by atoms with E-state index in [-0.39, 0.29) is 17.3 Å². The molecule has 0 bridgehead atoms. The Hall–Kier alpha value is -1.64. The Bertz CT molecular complexity index is 945. The summed E-state index contributed by atoms with van der Waals surface area (Å²) in [4.78, 5) is -0.0522. The van der Waals surface area contributed by atoms with Crippen LogP contribution in [0.1, 0.15) is 24.0 Å². The second kappa shape index (κ2) is 8.39. The van der Waals surface area contributed by atoms with E-state index in [1.54, 1.807) is 32.4 Å². The summed E-state index contributed by atoms with van der Waals surface area (Å²) in [5.41, 5.74) is 1.53. The molecule has 0 aliphatic heterocycles. The van der Waals surface area contributed by atoms with Crippen LogP contribution >= 0.6 is 11.6 Å². The Morgan fingerprint density at radius 2 is 1.89 bits per heavy atom. The summed E-state index contributed by atoms with van der Waals surface area (Å²) in [7, 11) is -0.745. The fourth-order valence-electron chi connectivity index (χ4n) is 4.00. The second-order valence-corrected chi connectivity index (χ2v) is 8.86. The first-order valence-corrected chi connectivity index (χ1v) is 10.8. The van der Waals surface area contributed by atoms with Crippen molar-refractivity contribution in [1.82, 2.24) is 0 Å². The van der Waals surface area contributed by atoms with Crippen molar-refractivity contribution in [2.24, 2.45) is 5.14 Å². The molecule has 8 heteroatoms. The molecule has 152 valence electrons. The molecule has 0 unspecified atom stereocenters. The van der Waals surface area contributed by atoms with Crippen molar-refractivity contribution in [3.63, 3.8) is 0 Å². The molecule has 0 fully saturated rings. The molecule has 1 aliphatic carbocycles. The van der Waals surface area contributed by atoms with Crippen LogP contribution in [0.2, 0.25) is 5.02 Å². The summed E-state index contributed by atoms with van der Waals surface area (Å²) >= 11 is 6.19. The van der Waals surface area contributed by atoms with Gasteiger partial charge in [-0.1, -0.05) is 29.8 Å². The van der Waals surface area contributed by atoms with Crippen molar-refractivity contribution < 1.29 is 22.6 Å². The van der Waals surface area contributed by atoms with Gasteiger partial charge in [-0.3, -0.25) is 0 Å². The number of ether oxygens (including phenoxy) is 3. The van der Waals surface area contributed by atoms with Crippen LogP contribution in [0.25, 0.3) is 0 Å². The van der Waals surface area contributed by atoms with E-state index in [4.69, 9.17) is 31.0 Å². The van der Waals surface area contributed by atoms with Crippen LogP contribution < -0.4 is 9.88 Å². The van der Waals surface area contributed by atoms with E-state index in [2.05, 4.69) is 0 Å². The maximum absolute atomic E-state index is 11.9. The van der Waals surface area contributed by atoms with Crippen molar-refractivity contribution in [3.8, 4) is 5.75 Å². The zero-order valence-electron chi connectivity index (χ0n) is 15.9. The van der Waals surface area contributed by atoms with Crippen molar-refractivity contribution in [2.75, 3.05) is 20.8 Å². The number of nitrogens with two attached hydrogens (primary N) is 1. The maximum atomic E-state index is 11.9. The summed E-state index contributed by atoms with van der Waals surface area (Å²) in [6.07, 6.45) is 1.97. The molecule has 0 heterocycles. The van der Waals surface area contributed by atoms with E-state index in [0.29, 0.717) is 5.02 Å². The normalized spacial score (nSPS) is 19.5. The lowest BCUT2D eigenvalue weighted by Gasteiger charge is -2.43. The van der Waals surface area contributed by atoms with Crippen molar-refractivity contribution in [1.29, 1.82) is 0 Å². The topological polar surface area (TPSA) is 87.8 Å². The van der Waals surface area contributed by atoms with Crippen molar-refractivity contribution >= 4 is 21.6 Å². The van der Waals surface area contributed by atoms with Gasteiger partial charge in [0.15, 0.2) is 6.29 Å². The summed E-state index contributed by atoms with van der Waals surface area (Å²) in [5.74, 6) is 0.205. The molecule has 2 aromatic carbocycles. The fourth-order valence-corrected chi connectivity index (χ4v) is 4.88. The van der Waals surface area contributed by atoms with E-state index in [0.717, 1.165) is 30.4 Å². The van der Waals surface area contributed by atoms with Gasteiger partial charge in [0.25, 0.3) is 0 Å². The zero-order chi connectivity index (χ0) is 20.4. The van der Waals surface area contributed by atoms with Gasteiger partial charge >= 0.3 is 0 Å². The van der Waals surface area contributed by atoms with Gasteiger partial charge in [0.05, 0.1) is 5.41 Å². The largest absolute Gasteiger partial charge is 0.491 e. The Kier molecular flexibility index (Phi) is 6.31. The van der Waals surface area contributed by atoms with Gasteiger partial charge in [0.1, 0.15) is 17.3 Å². The smallest absolute Gasteiger partial charge is 0.241 e. The summed E-state index contributed by atoms with van der Waals surface area (Å²) in [6, 6.07) is 12.1. The molecule has 1 atom stereocenters. The highest BCUT2D eigenvalue weighted by Crippen LogP contribution is 2.43. The Morgan fingerprint density at radius 1 is 1.18 bits per heavy atom. The average molecular weight is 426 g/mol. The van der Waals surface area contributed by atoms with Gasteiger partial charge in [0.2, 0.25) is 10.0 Å². The number of fused-ring (bicyclic) bond motifs is 1. The lowest BCUT2D eigenvalue weighted by molar-refractivity contribution is -0.162. The van der Waals surface area contributed by atoms with E-state index in [1.807, 2.05) is 18.2 Å². The second-order valence-electron chi connectivity index (χ2n) is 6.89. The first-order valence-electron chi connectivity index (χ1n) is 8.91. The van der Waals surface area contributed by atoms with Crippen molar-refractivity contribution in [3.05, 3.63) is 58.6 Å². The van der Waals surface area contributed by atoms with Gasteiger partial charge < -0.3 is 14.2 Å². The number of benzene rings is 2. The number of hydrogen-bond acceptors (Lipinski definition) is 5. The molecule has 0 saturated carbocycles. The number of rotatable bonds is 7. The molecule has 0 aromatic heterocycles. The third-order valence-electron chi connectivity index (χ3n) is 5.19. The summed E-state index contributed by atoms with van der Waals surface area (Å²) in [6.45, 7) is 0.167. The first kappa shape index (κ1) is 21.1. The van der Waals surface area contributed by atoms with E-state index in [1.165, 1.54) is 6.07 Å². The zero-order valence-corrected chi connectivity index (χ0v) is 17.4. The van der Waals surface area contributed by atoms with E-state index in [9.17, 15) is 8.42 Å². The predicted octanol–water partition coefficient (Wildman–Crippen LogP) is 3.26. The minimum Gasteiger partial charge on any atom is -0.491 e. The lowest BCUT2D eigenvalue weighted by Crippen LogP contribution is -2.49. The molecule has 3 rings (SSSR count). The molecule has 0 saturated heterocycles. The maximum Gasteiger partial charge on any atom is 0.241 e. The van der Waals surface area contributed by atoms with Gasteiger partial charge in [-0.25, -0.2) is 13.6 Å². The van der Waals surface area contributed by atoms with Crippen LogP contribution in [0.3, 0.4) is 0 Å². The molecular weight excluding hydrogens is 402 g/mol. The number of methoxy groups -OCH3 is 2. The van der Waals surface area contributed by atoms with Crippen LogP contribution in [0.15, 0.2) is 47.4 Å². The molecule has 2 aromatic rings. The number of hydrogen-bond donors (Lipinski definition) is 1. The number of para-hydroxylation sites is 1. The minimum atomic E-state index is -3.91. The average Bonchev–Trinajstić information content (AvgIpc) is 2.66. The third-order valence-corrected chi connectivity index (χ3v) is 6.38. The van der Waals surface area contributed by atoms with Crippen LogP contribution in [0.4, 0.5) is 0 Å². The molecule has 1 aliphatic rings. The van der Waals surface area contributed by atoms with Crippen LogP contribution in [-0.2, 0) is 31.3 Å².